The molecule has 0 rings (SSSR count). The molecule has 1 unspecified atom stereocenters. The smallest absolute Gasteiger partial charge is 0.306 e. The van der Waals surface area contributed by atoms with Gasteiger partial charge in [0.15, 0.2) is 6.10 Å². The van der Waals surface area contributed by atoms with E-state index in [1.165, 1.54) is 32.1 Å². The number of ether oxygens (including phenoxy) is 3. The van der Waals surface area contributed by atoms with Gasteiger partial charge < -0.3 is 14.2 Å². The van der Waals surface area contributed by atoms with Crippen molar-refractivity contribution >= 4 is 17.9 Å². The number of rotatable bonds is 41. The van der Waals surface area contributed by atoms with Crippen molar-refractivity contribution in [2.45, 2.75) is 200 Å². The van der Waals surface area contributed by atoms with Gasteiger partial charge in [-0.3, -0.25) is 14.4 Å². The molecule has 0 saturated heterocycles. The van der Waals surface area contributed by atoms with Gasteiger partial charge in [-0.1, -0.05) is 194 Å². The van der Waals surface area contributed by atoms with Crippen LogP contribution < -0.4 is 0 Å². The Morgan fingerprint density at radius 3 is 1.23 bits per heavy atom. The predicted molar refractivity (Wildman–Crippen MR) is 256 cm³/mol. The average Bonchev–Trinajstić information content (AvgIpc) is 3.24. The minimum atomic E-state index is -0.812. The van der Waals surface area contributed by atoms with E-state index in [0.29, 0.717) is 12.8 Å². The number of hydrogen-bond donors (Lipinski definition) is 0. The first kappa shape index (κ1) is 56.1. The van der Waals surface area contributed by atoms with Gasteiger partial charge in [-0.15, -0.1) is 0 Å². The zero-order valence-corrected chi connectivity index (χ0v) is 38.4. The zero-order chi connectivity index (χ0) is 43.7. The molecular weight excluding hydrogens is 745 g/mol. The first-order chi connectivity index (χ1) is 29.5. The van der Waals surface area contributed by atoms with Gasteiger partial charge in [0.2, 0.25) is 0 Å². The molecule has 0 amide bonds. The summed E-state index contributed by atoms with van der Waals surface area (Å²) in [5.74, 6) is -1.00. The summed E-state index contributed by atoms with van der Waals surface area (Å²) in [6.45, 7) is 6.26. The SMILES string of the molecule is CC\C=C/C=C\C=C/C=C\CCCCCCCC(=O)OC(COC(=O)CCCC/C=C\C/C=C\CC)COC(=O)CCCCCCC\C=C/C=C\C=C/CCCCCCC. The molecule has 0 aromatic rings. The molecule has 0 aromatic heterocycles. The van der Waals surface area contributed by atoms with Gasteiger partial charge in [-0.05, 0) is 89.9 Å². The molecule has 1 atom stereocenters. The Labute approximate surface area is 368 Å². The number of allylic oxidation sites excluding steroid dienone is 18. The van der Waals surface area contributed by atoms with Crippen molar-refractivity contribution in [2.24, 2.45) is 0 Å². The van der Waals surface area contributed by atoms with E-state index in [4.69, 9.17) is 14.2 Å². The van der Waals surface area contributed by atoms with Gasteiger partial charge in [0, 0.05) is 19.3 Å². The molecular formula is C54H86O6. The molecule has 338 valence electrons. The lowest BCUT2D eigenvalue weighted by molar-refractivity contribution is -0.167. The Balaban J connectivity index is 4.47. The van der Waals surface area contributed by atoms with Crippen LogP contribution in [0.15, 0.2) is 109 Å². The Morgan fingerprint density at radius 1 is 0.367 bits per heavy atom. The van der Waals surface area contributed by atoms with E-state index in [0.717, 1.165) is 122 Å². The third-order valence-electron chi connectivity index (χ3n) is 9.65. The van der Waals surface area contributed by atoms with Gasteiger partial charge in [-0.25, -0.2) is 0 Å². The molecule has 0 spiro atoms. The summed E-state index contributed by atoms with van der Waals surface area (Å²) in [5.41, 5.74) is 0. The highest BCUT2D eigenvalue weighted by atomic mass is 16.6. The number of esters is 3. The second-order valence-electron chi connectivity index (χ2n) is 15.4. The Bertz CT molecular complexity index is 1280. The second-order valence-corrected chi connectivity index (χ2v) is 15.4. The van der Waals surface area contributed by atoms with Crippen molar-refractivity contribution in [1.29, 1.82) is 0 Å². The van der Waals surface area contributed by atoms with E-state index in [2.05, 4.69) is 106 Å². The second kappa shape index (κ2) is 47.7. The highest BCUT2D eigenvalue weighted by Crippen LogP contribution is 2.12. The van der Waals surface area contributed by atoms with Crippen molar-refractivity contribution in [2.75, 3.05) is 13.2 Å². The topological polar surface area (TPSA) is 78.9 Å². The molecule has 0 heterocycles. The van der Waals surface area contributed by atoms with Crippen molar-refractivity contribution in [1.82, 2.24) is 0 Å². The molecule has 6 heteroatoms. The van der Waals surface area contributed by atoms with Crippen LogP contribution in [0.1, 0.15) is 194 Å². The lowest BCUT2D eigenvalue weighted by atomic mass is 10.1. The van der Waals surface area contributed by atoms with Crippen molar-refractivity contribution in [3.05, 3.63) is 109 Å². The minimum absolute atomic E-state index is 0.111. The molecule has 0 aliphatic carbocycles. The third-order valence-corrected chi connectivity index (χ3v) is 9.65. The summed E-state index contributed by atoms with van der Waals surface area (Å²) in [4.78, 5) is 37.8. The lowest BCUT2D eigenvalue weighted by Crippen LogP contribution is -2.30. The summed E-state index contributed by atoms with van der Waals surface area (Å²) in [6, 6.07) is 0. The van der Waals surface area contributed by atoms with Crippen LogP contribution in [-0.4, -0.2) is 37.2 Å². The van der Waals surface area contributed by atoms with Crippen LogP contribution in [0.25, 0.3) is 0 Å². The molecule has 6 nitrogen and oxygen atoms in total. The molecule has 60 heavy (non-hydrogen) atoms. The normalized spacial score (nSPS) is 13.1. The molecule has 0 radical (unpaired) electrons. The van der Waals surface area contributed by atoms with Crippen LogP contribution in [0, 0.1) is 0 Å². The first-order valence-corrected chi connectivity index (χ1v) is 24.0. The summed E-state index contributed by atoms with van der Waals surface area (Å²) < 4.78 is 16.7. The van der Waals surface area contributed by atoms with Crippen LogP contribution in [0.3, 0.4) is 0 Å². The van der Waals surface area contributed by atoms with Crippen LogP contribution in [0.5, 0.6) is 0 Å². The van der Waals surface area contributed by atoms with Crippen LogP contribution in [0.2, 0.25) is 0 Å². The predicted octanol–water partition coefficient (Wildman–Crippen LogP) is 15.6. The average molecular weight is 831 g/mol. The molecule has 0 aliphatic rings. The van der Waals surface area contributed by atoms with Gasteiger partial charge in [0.05, 0.1) is 0 Å². The van der Waals surface area contributed by atoms with Crippen molar-refractivity contribution < 1.29 is 28.6 Å². The third kappa shape index (κ3) is 45.2. The molecule has 0 aliphatic heterocycles. The minimum Gasteiger partial charge on any atom is -0.462 e. The lowest BCUT2D eigenvalue weighted by Gasteiger charge is -2.18. The highest BCUT2D eigenvalue weighted by molar-refractivity contribution is 5.71. The monoisotopic (exact) mass is 831 g/mol. The number of carbonyl (C=O) groups excluding carboxylic acids is 3. The molecule has 0 N–H and O–H groups in total. The highest BCUT2D eigenvalue weighted by Gasteiger charge is 2.19. The van der Waals surface area contributed by atoms with Crippen LogP contribution >= 0.6 is 0 Å². The fourth-order valence-electron chi connectivity index (χ4n) is 6.08. The van der Waals surface area contributed by atoms with E-state index < -0.39 is 6.10 Å². The summed E-state index contributed by atoms with van der Waals surface area (Å²) in [5, 5.41) is 0. The molecule has 0 fully saturated rings. The van der Waals surface area contributed by atoms with Gasteiger partial charge in [0.1, 0.15) is 13.2 Å². The number of carbonyl (C=O) groups is 3. The van der Waals surface area contributed by atoms with E-state index in [-0.39, 0.29) is 37.5 Å². The Hall–Kier alpha value is -3.93. The van der Waals surface area contributed by atoms with Gasteiger partial charge >= 0.3 is 17.9 Å². The summed E-state index contributed by atoms with van der Waals surface area (Å²) >= 11 is 0. The van der Waals surface area contributed by atoms with E-state index in [9.17, 15) is 14.4 Å². The summed E-state index contributed by atoms with van der Waals surface area (Å²) in [7, 11) is 0. The molecule has 0 saturated carbocycles. The van der Waals surface area contributed by atoms with Crippen LogP contribution in [0.4, 0.5) is 0 Å². The Morgan fingerprint density at radius 2 is 0.733 bits per heavy atom. The number of unbranched alkanes of at least 4 members (excludes halogenated alkanes) is 17. The fourth-order valence-corrected chi connectivity index (χ4v) is 6.08. The van der Waals surface area contributed by atoms with E-state index >= 15 is 0 Å². The first-order valence-electron chi connectivity index (χ1n) is 24.0. The van der Waals surface area contributed by atoms with Crippen molar-refractivity contribution in [3.8, 4) is 0 Å². The standard InChI is InChI=1S/C54H86O6/c1-4-7-10-13-16-19-21-23-25-26-27-29-30-32-35-38-41-44-47-53(56)59-50-51(49-58-52(55)46-43-40-37-34-18-15-12-9-6-3)60-54(57)48-45-42-39-36-33-31-28-24-22-20-17-14-11-8-5-2/h8-9,11-12,14,17-18,20-29,34,51H,4-7,10,13,15-16,19,30-33,35-50H2,1-3H3/b11-8-,12-9-,17-14-,22-20-,23-21-,26-25-,28-24-,29-27-,34-18-. The molecule has 0 aromatic carbocycles. The van der Waals surface area contributed by atoms with E-state index in [1.54, 1.807) is 0 Å². The largest absolute Gasteiger partial charge is 0.462 e. The Kier molecular flexibility index (Phi) is 44.6. The zero-order valence-electron chi connectivity index (χ0n) is 38.4. The number of hydrogen-bond acceptors (Lipinski definition) is 6. The summed E-state index contributed by atoms with van der Waals surface area (Å²) in [6.07, 6.45) is 63.6. The van der Waals surface area contributed by atoms with Crippen LogP contribution in [-0.2, 0) is 28.6 Å². The maximum atomic E-state index is 12.7. The van der Waals surface area contributed by atoms with Gasteiger partial charge in [0.25, 0.3) is 0 Å². The maximum absolute atomic E-state index is 12.7. The van der Waals surface area contributed by atoms with E-state index in [1.807, 2.05) is 24.3 Å². The van der Waals surface area contributed by atoms with Crippen molar-refractivity contribution in [3.63, 3.8) is 0 Å². The quantitative estimate of drug-likeness (QED) is 0.0201. The van der Waals surface area contributed by atoms with Gasteiger partial charge in [-0.2, -0.15) is 0 Å². The fraction of sp³-hybridized carbons (Fsp3) is 0.611. The maximum Gasteiger partial charge on any atom is 0.306 e. The molecule has 0 bridgehead atoms.